The summed E-state index contributed by atoms with van der Waals surface area (Å²) in [5.41, 5.74) is 6.47. The van der Waals surface area contributed by atoms with E-state index in [0.29, 0.717) is 12.6 Å². The Morgan fingerprint density at radius 3 is 2.19 bits per heavy atom. The molecular weight excluding hydrogens is 390 g/mol. The number of rotatable bonds is 10. The van der Waals surface area contributed by atoms with Gasteiger partial charge in [0.15, 0.2) is 0 Å². The third kappa shape index (κ3) is 6.36. The number of ether oxygens (including phenoxy) is 1. The van der Waals surface area contributed by atoms with Crippen LogP contribution in [0.3, 0.4) is 0 Å². The first kappa shape index (κ1) is 22.4. The Kier molecular flexibility index (Phi) is 7.73. The number of hydrogen-bond donors (Lipinski definition) is 1. The minimum Gasteiger partial charge on any atom is -0.480 e. The molecular formula is C25H29N3O3. The zero-order valence-electron chi connectivity index (χ0n) is 18.3. The molecule has 3 aromatic rings. The number of aromatic nitrogens is 2. The van der Waals surface area contributed by atoms with Crippen molar-refractivity contribution in [1.29, 1.82) is 0 Å². The van der Waals surface area contributed by atoms with E-state index < -0.39 is 5.97 Å². The maximum absolute atomic E-state index is 10.5. The lowest BCUT2D eigenvalue weighted by molar-refractivity contribution is -0.142. The highest BCUT2D eigenvalue weighted by Crippen LogP contribution is 2.31. The molecule has 0 spiro atoms. The molecule has 2 aromatic carbocycles. The van der Waals surface area contributed by atoms with Gasteiger partial charge in [-0.1, -0.05) is 59.7 Å². The van der Waals surface area contributed by atoms with Crippen LogP contribution in [0, 0.1) is 13.8 Å². The predicted octanol–water partition coefficient (Wildman–Crippen LogP) is 4.75. The van der Waals surface area contributed by atoms with Crippen LogP contribution in [-0.4, -0.2) is 47.8 Å². The second-order valence-electron chi connectivity index (χ2n) is 7.74. The van der Waals surface area contributed by atoms with Crippen molar-refractivity contribution < 1.29 is 14.6 Å². The van der Waals surface area contributed by atoms with Crippen LogP contribution >= 0.6 is 0 Å². The van der Waals surface area contributed by atoms with E-state index in [4.69, 9.17) is 14.8 Å². The van der Waals surface area contributed by atoms with Gasteiger partial charge in [-0.15, -0.1) is 0 Å². The molecule has 0 saturated heterocycles. The summed E-state index contributed by atoms with van der Waals surface area (Å²) in [5.74, 6) is -0.277. The highest BCUT2D eigenvalue weighted by atomic mass is 16.5. The number of carboxylic acids is 1. The van der Waals surface area contributed by atoms with E-state index >= 15 is 0 Å². The average molecular weight is 420 g/mol. The second-order valence-corrected chi connectivity index (χ2v) is 7.74. The van der Waals surface area contributed by atoms with Crippen LogP contribution in [0.15, 0.2) is 54.7 Å². The summed E-state index contributed by atoms with van der Waals surface area (Å²) >= 11 is 0. The highest BCUT2D eigenvalue weighted by molar-refractivity contribution is 5.81. The Morgan fingerprint density at radius 2 is 1.58 bits per heavy atom. The average Bonchev–Trinajstić information content (AvgIpc) is 2.76. The number of carboxylic acid groups (broad SMARTS) is 1. The molecule has 1 N–H and O–H groups in total. The number of aliphatic carboxylic acids is 1. The first-order valence-corrected chi connectivity index (χ1v) is 10.5. The van der Waals surface area contributed by atoms with Crippen LogP contribution < -0.4 is 4.90 Å². The molecule has 1 aromatic heterocycles. The number of unbranched alkanes of at least 4 members (excludes halogenated alkanes) is 1. The van der Waals surface area contributed by atoms with E-state index in [1.807, 2.05) is 18.1 Å². The van der Waals surface area contributed by atoms with Gasteiger partial charge in [0.2, 0.25) is 5.95 Å². The Balaban J connectivity index is 1.79. The molecule has 6 nitrogen and oxygen atoms in total. The Hall–Kier alpha value is -3.25. The largest absolute Gasteiger partial charge is 0.480 e. The number of carbonyl (C=O) groups is 1. The third-order valence-corrected chi connectivity index (χ3v) is 5.06. The van der Waals surface area contributed by atoms with Crippen molar-refractivity contribution >= 4 is 11.9 Å². The van der Waals surface area contributed by atoms with Crippen molar-refractivity contribution in [3.8, 4) is 22.4 Å². The van der Waals surface area contributed by atoms with E-state index in [1.165, 1.54) is 11.1 Å². The summed E-state index contributed by atoms with van der Waals surface area (Å²) in [4.78, 5) is 22.1. The molecule has 0 saturated carbocycles. The number of anilines is 1. The summed E-state index contributed by atoms with van der Waals surface area (Å²) < 4.78 is 5.09. The van der Waals surface area contributed by atoms with Gasteiger partial charge in [0.1, 0.15) is 6.61 Å². The second kappa shape index (κ2) is 10.7. The van der Waals surface area contributed by atoms with Crippen molar-refractivity contribution in [2.45, 2.75) is 26.7 Å². The first-order valence-electron chi connectivity index (χ1n) is 10.5. The lowest BCUT2D eigenvalue weighted by Gasteiger charge is -2.19. The number of aryl methyl sites for hydroxylation is 2. The zero-order valence-corrected chi connectivity index (χ0v) is 18.3. The van der Waals surface area contributed by atoms with E-state index in [2.05, 4.69) is 67.4 Å². The van der Waals surface area contributed by atoms with Gasteiger partial charge in [0.25, 0.3) is 0 Å². The van der Waals surface area contributed by atoms with Gasteiger partial charge in [-0.2, -0.15) is 0 Å². The fraction of sp³-hybridized carbons (Fsp3) is 0.320. The topological polar surface area (TPSA) is 75.6 Å². The molecule has 0 aliphatic rings. The maximum Gasteiger partial charge on any atom is 0.329 e. The molecule has 0 unspecified atom stereocenters. The Bertz CT molecular complexity index is 1000. The number of benzene rings is 2. The standard InChI is InChI=1S/C25H29N3O3/c1-18-6-10-20(11-7-18)22-16-26-25(27-24(22)21-12-8-19(2)9-13-21)28(3)14-4-5-15-31-17-23(29)30/h6-13,16H,4-5,14-15,17H2,1-3H3,(H,29,30). The molecule has 0 fully saturated rings. The van der Waals surface area contributed by atoms with E-state index in [9.17, 15) is 4.79 Å². The molecule has 162 valence electrons. The first-order chi connectivity index (χ1) is 14.9. The normalized spacial score (nSPS) is 10.8. The van der Waals surface area contributed by atoms with Crippen LogP contribution in [0.2, 0.25) is 0 Å². The van der Waals surface area contributed by atoms with Gasteiger partial charge >= 0.3 is 5.97 Å². The van der Waals surface area contributed by atoms with Gasteiger partial charge < -0.3 is 14.7 Å². The van der Waals surface area contributed by atoms with Crippen molar-refractivity contribution in [2.75, 3.05) is 31.7 Å². The van der Waals surface area contributed by atoms with Crippen LogP contribution in [0.1, 0.15) is 24.0 Å². The summed E-state index contributed by atoms with van der Waals surface area (Å²) in [5, 5.41) is 8.61. The quantitative estimate of drug-likeness (QED) is 0.478. The molecule has 0 bridgehead atoms. The van der Waals surface area contributed by atoms with Gasteiger partial charge in [0.05, 0.1) is 5.69 Å². The van der Waals surface area contributed by atoms with Crippen LogP contribution in [0.4, 0.5) is 5.95 Å². The molecule has 0 aliphatic heterocycles. The molecule has 1 heterocycles. The minimum absolute atomic E-state index is 0.251. The summed E-state index contributed by atoms with van der Waals surface area (Å²) in [7, 11) is 1.97. The van der Waals surface area contributed by atoms with Crippen molar-refractivity contribution in [3.05, 3.63) is 65.9 Å². The Morgan fingerprint density at radius 1 is 0.968 bits per heavy atom. The fourth-order valence-corrected chi connectivity index (χ4v) is 3.24. The summed E-state index contributed by atoms with van der Waals surface area (Å²) in [6, 6.07) is 16.8. The smallest absolute Gasteiger partial charge is 0.329 e. The Labute approximate surface area is 183 Å². The molecule has 31 heavy (non-hydrogen) atoms. The van der Waals surface area contributed by atoms with Crippen molar-refractivity contribution in [1.82, 2.24) is 9.97 Å². The maximum atomic E-state index is 10.5. The third-order valence-electron chi connectivity index (χ3n) is 5.06. The summed E-state index contributed by atoms with van der Waals surface area (Å²) in [6.07, 6.45) is 3.54. The number of hydrogen-bond acceptors (Lipinski definition) is 5. The SMILES string of the molecule is Cc1ccc(-c2cnc(N(C)CCCCOCC(=O)O)nc2-c2ccc(C)cc2)cc1. The van der Waals surface area contributed by atoms with E-state index in [-0.39, 0.29) is 6.61 Å². The van der Waals surface area contributed by atoms with Gasteiger partial charge in [-0.25, -0.2) is 14.8 Å². The van der Waals surface area contributed by atoms with Crippen LogP contribution in [0.5, 0.6) is 0 Å². The molecule has 0 amide bonds. The van der Waals surface area contributed by atoms with Gasteiger partial charge in [-0.05, 0) is 32.3 Å². The minimum atomic E-state index is -0.942. The zero-order chi connectivity index (χ0) is 22.2. The van der Waals surface area contributed by atoms with Crippen molar-refractivity contribution in [2.24, 2.45) is 0 Å². The van der Waals surface area contributed by atoms with Gasteiger partial charge in [-0.3, -0.25) is 0 Å². The highest BCUT2D eigenvalue weighted by Gasteiger charge is 2.14. The molecule has 0 radical (unpaired) electrons. The summed E-state index contributed by atoms with van der Waals surface area (Å²) in [6.45, 7) is 5.09. The van der Waals surface area contributed by atoms with E-state index in [0.717, 1.165) is 41.8 Å². The number of nitrogens with zero attached hydrogens (tertiary/aromatic N) is 3. The molecule has 0 atom stereocenters. The van der Waals surface area contributed by atoms with Gasteiger partial charge in [0, 0.05) is 37.5 Å². The lowest BCUT2D eigenvalue weighted by atomic mass is 9.99. The molecule has 0 aliphatic carbocycles. The van der Waals surface area contributed by atoms with Crippen LogP contribution in [0.25, 0.3) is 22.4 Å². The monoisotopic (exact) mass is 419 g/mol. The lowest BCUT2D eigenvalue weighted by Crippen LogP contribution is -2.21. The molecule has 3 rings (SSSR count). The predicted molar refractivity (Wildman–Crippen MR) is 123 cm³/mol. The van der Waals surface area contributed by atoms with E-state index in [1.54, 1.807) is 0 Å². The van der Waals surface area contributed by atoms with Crippen LogP contribution in [-0.2, 0) is 9.53 Å². The molecule has 6 heteroatoms. The fourth-order valence-electron chi connectivity index (χ4n) is 3.24. The van der Waals surface area contributed by atoms with Crippen molar-refractivity contribution in [3.63, 3.8) is 0 Å².